The number of aromatic nitrogens is 2. The van der Waals surface area contributed by atoms with Gasteiger partial charge in [0.1, 0.15) is 5.65 Å². The van der Waals surface area contributed by atoms with Crippen molar-refractivity contribution in [3.63, 3.8) is 0 Å². The van der Waals surface area contributed by atoms with Crippen molar-refractivity contribution < 1.29 is 4.74 Å². The van der Waals surface area contributed by atoms with Crippen LogP contribution in [0.25, 0.3) is 5.65 Å². The number of hydrogen-bond acceptors (Lipinski definition) is 3. The molecule has 3 rings (SSSR count). The summed E-state index contributed by atoms with van der Waals surface area (Å²) in [5, 5.41) is 3.52. The van der Waals surface area contributed by atoms with Gasteiger partial charge in [0.25, 0.3) is 0 Å². The zero-order valence-electron chi connectivity index (χ0n) is 11.4. The van der Waals surface area contributed by atoms with Gasteiger partial charge in [0.2, 0.25) is 0 Å². The van der Waals surface area contributed by atoms with E-state index in [-0.39, 0.29) is 0 Å². The Morgan fingerprint density at radius 1 is 1.53 bits per heavy atom. The van der Waals surface area contributed by atoms with Crippen LogP contribution in [0, 0.1) is 12.8 Å². The molecule has 4 heteroatoms. The minimum atomic E-state index is 0.662. The predicted octanol–water partition coefficient (Wildman–Crippen LogP) is 2.16. The second kappa shape index (κ2) is 5.72. The molecule has 1 N–H and O–H groups in total. The first-order valence-corrected chi connectivity index (χ1v) is 7.04. The van der Waals surface area contributed by atoms with Crippen LogP contribution in [-0.4, -0.2) is 29.1 Å². The summed E-state index contributed by atoms with van der Waals surface area (Å²) in [4.78, 5) is 4.44. The van der Waals surface area contributed by atoms with E-state index >= 15 is 0 Å². The molecule has 2 aromatic heterocycles. The maximum atomic E-state index is 5.50. The predicted molar refractivity (Wildman–Crippen MR) is 75.2 cm³/mol. The molecule has 0 radical (unpaired) electrons. The van der Waals surface area contributed by atoms with Crippen LogP contribution >= 0.6 is 0 Å². The Bertz CT molecular complexity index is 543. The summed E-state index contributed by atoms with van der Waals surface area (Å²) in [5.74, 6) is 0.662. The van der Waals surface area contributed by atoms with Gasteiger partial charge in [-0.2, -0.15) is 0 Å². The van der Waals surface area contributed by atoms with E-state index in [9.17, 15) is 0 Å². The van der Waals surface area contributed by atoms with E-state index in [2.05, 4.69) is 40.0 Å². The minimum Gasteiger partial charge on any atom is -0.381 e. The second-order valence-corrected chi connectivity index (χ2v) is 5.40. The molecule has 2 aromatic rings. The molecule has 1 fully saturated rings. The van der Waals surface area contributed by atoms with Crippen LogP contribution in [0.4, 0.5) is 0 Å². The van der Waals surface area contributed by atoms with Gasteiger partial charge >= 0.3 is 0 Å². The van der Waals surface area contributed by atoms with Gasteiger partial charge in [-0.1, -0.05) is 0 Å². The number of ether oxygens (including phenoxy) is 1. The highest BCUT2D eigenvalue weighted by Gasteiger charge is 2.13. The van der Waals surface area contributed by atoms with Gasteiger partial charge in [0, 0.05) is 25.9 Å². The van der Waals surface area contributed by atoms with Crippen LogP contribution in [0.3, 0.4) is 0 Å². The Morgan fingerprint density at radius 2 is 2.47 bits per heavy atom. The Labute approximate surface area is 113 Å². The summed E-state index contributed by atoms with van der Waals surface area (Å²) >= 11 is 0. The van der Waals surface area contributed by atoms with Gasteiger partial charge in [0.05, 0.1) is 18.5 Å². The average Bonchev–Trinajstić information content (AvgIpc) is 2.82. The van der Waals surface area contributed by atoms with E-state index in [0.29, 0.717) is 5.92 Å². The van der Waals surface area contributed by atoms with Gasteiger partial charge in [-0.25, -0.2) is 4.98 Å². The van der Waals surface area contributed by atoms with Crippen molar-refractivity contribution in [2.75, 3.05) is 19.8 Å². The number of nitrogens with zero attached hydrogens (tertiary/aromatic N) is 2. The summed E-state index contributed by atoms with van der Waals surface area (Å²) in [6.45, 7) is 5.82. The van der Waals surface area contributed by atoms with Crippen molar-refractivity contribution in [2.24, 2.45) is 5.92 Å². The van der Waals surface area contributed by atoms with Crippen LogP contribution in [0.2, 0.25) is 0 Å². The van der Waals surface area contributed by atoms with Crippen LogP contribution < -0.4 is 5.32 Å². The number of aryl methyl sites for hydroxylation is 1. The van der Waals surface area contributed by atoms with E-state index in [1.807, 2.05) is 6.20 Å². The lowest BCUT2D eigenvalue weighted by molar-refractivity contribution is 0.0547. The van der Waals surface area contributed by atoms with E-state index in [0.717, 1.165) is 32.0 Å². The molecule has 0 aromatic carbocycles. The van der Waals surface area contributed by atoms with Crippen LogP contribution in [0.5, 0.6) is 0 Å². The number of imidazole rings is 1. The van der Waals surface area contributed by atoms with Gasteiger partial charge in [-0.3, -0.25) is 0 Å². The molecular formula is C15H21N3O. The minimum absolute atomic E-state index is 0.662. The molecule has 1 saturated heterocycles. The van der Waals surface area contributed by atoms with Gasteiger partial charge in [-0.15, -0.1) is 0 Å². The molecule has 0 amide bonds. The first-order chi connectivity index (χ1) is 9.33. The monoisotopic (exact) mass is 259 g/mol. The molecule has 1 unspecified atom stereocenters. The third-order valence-corrected chi connectivity index (χ3v) is 3.74. The van der Waals surface area contributed by atoms with Crippen molar-refractivity contribution in [3.8, 4) is 0 Å². The summed E-state index contributed by atoms with van der Waals surface area (Å²) in [7, 11) is 0. The molecule has 0 spiro atoms. The Hall–Kier alpha value is -1.39. The third-order valence-electron chi connectivity index (χ3n) is 3.74. The van der Waals surface area contributed by atoms with Gasteiger partial charge < -0.3 is 14.5 Å². The fourth-order valence-corrected chi connectivity index (χ4v) is 2.64. The normalized spacial score (nSPS) is 19.9. The van der Waals surface area contributed by atoms with Crippen LogP contribution in [0.15, 0.2) is 24.5 Å². The molecule has 102 valence electrons. The summed E-state index contributed by atoms with van der Waals surface area (Å²) < 4.78 is 7.65. The van der Waals surface area contributed by atoms with Crippen molar-refractivity contribution in [2.45, 2.75) is 26.3 Å². The molecule has 0 bridgehead atoms. The van der Waals surface area contributed by atoms with Crippen molar-refractivity contribution >= 4 is 5.65 Å². The molecule has 19 heavy (non-hydrogen) atoms. The summed E-state index contributed by atoms with van der Waals surface area (Å²) in [6.07, 6.45) is 6.53. The number of fused-ring (bicyclic) bond motifs is 1. The van der Waals surface area contributed by atoms with Crippen LogP contribution in [-0.2, 0) is 11.3 Å². The molecule has 0 aliphatic carbocycles. The topological polar surface area (TPSA) is 38.6 Å². The molecule has 0 saturated carbocycles. The van der Waals surface area contributed by atoms with E-state index in [4.69, 9.17) is 4.74 Å². The van der Waals surface area contributed by atoms with Crippen molar-refractivity contribution in [1.29, 1.82) is 0 Å². The van der Waals surface area contributed by atoms with Gasteiger partial charge in [-0.05, 0) is 43.4 Å². The lowest BCUT2D eigenvalue weighted by Gasteiger charge is -2.22. The average molecular weight is 259 g/mol. The number of pyridine rings is 1. The number of nitrogens with one attached hydrogen (secondary N) is 1. The number of rotatable bonds is 4. The molecule has 1 aliphatic heterocycles. The first-order valence-electron chi connectivity index (χ1n) is 7.04. The lowest BCUT2D eigenvalue weighted by atomic mass is 10.0. The fraction of sp³-hybridized carbons (Fsp3) is 0.533. The quantitative estimate of drug-likeness (QED) is 0.914. The van der Waals surface area contributed by atoms with Crippen LogP contribution in [0.1, 0.15) is 24.1 Å². The Balaban J connectivity index is 1.59. The maximum Gasteiger partial charge on any atom is 0.137 e. The zero-order valence-corrected chi connectivity index (χ0v) is 11.4. The first kappa shape index (κ1) is 12.6. The number of hydrogen-bond donors (Lipinski definition) is 1. The van der Waals surface area contributed by atoms with E-state index < -0.39 is 0 Å². The van der Waals surface area contributed by atoms with Crippen molar-refractivity contribution in [1.82, 2.24) is 14.7 Å². The maximum absolute atomic E-state index is 5.50. The standard InChI is InChI=1S/C15H21N3O/c1-12-4-5-18-14(10-17-15(18)7-12)9-16-8-13-3-2-6-19-11-13/h4-5,7,10,13,16H,2-3,6,8-9,11H2,1H3. The third kappa shape index (κ3) is 2.96. The molecule has 3 heterocycles. The molecule has 4 nitrogen and oxygen atoms in total. The highest BCUT2D eigenvalue weighted by atomic mass is 16.5. The Morgan fingerprint density at radius 3 is 3.32 bits per heavy atom. The SMILES string of the molecule is Cc1ccn2c(CNCC3CCCOC3)cnc2c1. The summed E-state index contributed by atoms with van der Waals surface area (Å²) in [5.41, 5.74) is 3.49. The Kier molecular flexibility index (Phi) is 3.80. The van der Waals surface area contributed by atoms with E-state index in [1.54, 1.807) is 0 Å². The zero-order chi connectivity index (χ0) is 13.1. The van der Waals surface area contributed by atoms with E-state index in [1.165, 1.54) is 24.1 Å². The molecule has 1 aliphatic rings. The second-order valence-electron chi connectivity index (χ2n) is 5.40. The van der Waals surface area contributed by atoms with Gasteiger partial charge in [0.15, 0.2) is 0 Å². The lowest BCUT2D eigenvalue weighted by Crippen LogP contribution is -2.29. The fourth-order valence-electron chi connectivity index (χ4n) is 2.64. The molecule has 1 atom stereocenters. The van der Waals surface area contributed by atoms with Crippen molar-refractivity contribution in [3.05, 3.63) is 35.8 Å². The highest BCUT2D eigenvalue weighted by molar-refractivity contribution is 5.42. The smallest absolute Gasteiger partial charge is 0.137 e. The largest absolute Gasteiger partial charge is 0.381 e. The highest BCUT2D eigenvalue weighted by Crippen LogP contribution is 2.13. The molecular weight excluding hydrogens is 238 g/mol. The summed E-state index contributed by atoms with van der Waals surface area (Å²) in [6, 6.07) is 4.23.